The van der Waals surface area contributed by atoms with Gasteiger partial charge in [-0.05, 0) is 23.1 Å². The molecule has 2 rings (SSSR count). The van der Waals surface area contributed by atoms with Crippen molar-refractivity contribution in [3.05, 3.63) is 51.2 Å². The van der Waals surface area contributed by atoms with E-state index in [0.717, 1.165) is 5.56 Å². The first-order valence-electron chi connectivity index (χ1n) is 6.13. The number of nitrogens with zero attached hydrogens (tertiary/aromatic N) is 1. The maximum absolute atomic E-state index is 12.5. The molecule has 0 fully saturated rings. The van der Waals surface area contributed by atoms with Gasteiger partial charge < -0.3 is 16.4 Å². The van der Waals surface area contributed by atoms with Crippen LogP contribution in [0.5, 0.6) is 0 Å². The Morgan fingerprint density at radius 3 is 2.52 bits per heavy atom. The number of hydrogen-bond donors (Lipinski definition) is 2. The number of primary amides is 1. The van der Waals surface area contributed by atoms with Crippen LogP contribution in [0.1, 0.15) is 15.2 Å². The SMILES string of the molecule is NC(=O)CN(Cc1ccccc1N)C(=O)c1sccc1Cl. The predicted molar refractivity (Wildman–Crippen MR) is 84.1 cm³/mol. The maximum atomic E-state index is 12.5. The summed E-state index contributed by atoms with van der Waals surface area (Å²) in [4.78, 5) is 25.4. The lowest BCUT2D eigenvalue weighted by atomic mass is 10.1. The second-order valence-corrected chi connectivity index (χ2v) is 5.75. The highest BCUT2D eigenvalue weighted by molar-refractivity contribution is 7.12. The monoisotopic (exact) mass is 323 g/mol. The van der Waals surface area contributed by atoms with Gasteiger partial charge in [-0.25, -0.2) is 0 Å². The predicted octanol–water partition coefficient (Wildman–Crippen LogP) is 2.11. The lowest BCUT2D eigenvalue weighted by Crippen LogP contribution is -2.37. The molecule has 0 aliphatic rings. The van der Waals surface area contributed by atoms with Crippen molar-refractivity contribution in [2.24, 2.45) is 5.73 Å². The zero-order valence-corrected chi connectivity index (χ0v) is 12.7. The molecule has 1 aromatic heterocycles. The summed E-state index contributed by atoms with van der Waals surface area (Å²) in [6.45, 7) is 0.00404. The van der Waals surface area contributed by atoms with Gasteiger partial charge in [-0.3, -0.25) is 9.59 Å². The number of carbonyl (C=O) groups is 2. The molecule has 5 nitrogen and oxygen atoms in total. The highest BCUT2D eigenvalue weighted by Crippen LogP contribution is 2.25. The largest absolute Gasteiger partial charge is 0.398 e. The van der Waals surface area contributed by atoms with Gasteiger partial charge in [-0.15, -0.1) is 11.3 Å². The second-order valence-electron chi connectivity index (χ2n) is 4.42. The molecule has 21 heavy (non-hydrogen) atoms. The third-order valence-electron chi connectivity index (χ3n) is 2.86. The molecule has 0 saturated heterocycles. The first-order chi connectivity index (χ1) is 9.99. The minimum absolute atomic E-state index is 0.193. The van der Waals surface area contributed by atoms with E-state index in [2.05, 4.69) is 0 Å². The summed E-state index contributed by atoms with van der Waals surface area (Å²) in [6, 6.07) is 8.79. The maximum Gasteiger partial charge on any atom is 0.266 e. The van der Waals surface area contributed by atoms with E-state index in [1.54, 1.807) is 29.6 Å². The number of halogens is 1. The average molecular weight is 324 g/mol. The van der Waals surface area contributed by atoms with E-state index in [-0.39, 0.29) is 19.0 Å². The van der Waals surface area contributed by atoms with Crippen LogP contribution in [0.25, 0.3) is 0 Å². The number of thiophene rings is 1. The molecule has 0 spiro atoms. The summed E-state index contributed by atoms with van der Waals surface area (Å²) in [7, 11) is 0. The highest BCUT2D eigenvalue weighted by atomic mass is 35.5. The van der Waals surface area contributed by atoms with Crippen molar-refractivity contribution in [1.29, 1.82) is 0 Å². The molecule has 0 bridgehead atoms. The minimum atomic E-state index is -0.592. The summed E-state index contributed by atoms with van der Waals surface area (Å²) >= 11 is 7.19. The van der Waals surface area contributed by atoms with Crippen LogP contribution in [0, 0.1) is 0 Å². The number of carbonyl (C=O) groups excluding carboxylic acids is 2. The number of hydrogen-bond acceptors (Lipinski definition) is 4. The molecule has 2 amide bonds. The van der Waals surface area contributed by atoms with Crippen molar-refractivity contribution < 1.29 is 9.59 Å². The first-order valence-corrected chi connectivity index (χ1v) is 7.38. The zero-order chi connectivity index (χ0) is 15.4. The average Bonchev–Trinajstić information content (AvgIpc) is 2.85. The van der Waals surface area contributed by atoms with Crippen molar-refractivity contribution in [3.8, 4) is 0 Å². The first kappa shape index (κ1) is 15.3. The van der Waals surface area contributed by atoms with E-state index >= 15 is 0 Å². The fraction of sp³-hybridized carbons (Fsp3) is 0.143. The smallest absolute Gasteiger partial charge is 0.266 e. The lowest BCUT2D eigenvalue weighted by molar-refractivity contribution is -0.118. The van der Waals surface area contributed by atoms with Crippen LogP contribution in [0.2, 0.25) is 5.02 Å². The topological polar surface area (TPSA) is 89.4 Å². The highest BCUT2D eigenvalue weighted by Gasteiger charge is 2.22. The molecule has 4 N–H and O–H groups in total. The van der Waals surface area contributed by atoms with E-state index < -0.39 is 5.91 Å². The quantitative estimate of drug-likeness (QED) is 0.826. The number of nitrogen functional groups attached to an aromatic ring is 1. The Kier molecular flexibility index (Phi) is 4.82. The van der Waals surface area contributed by atoms with Crippen molar-refractivity contribution in [3.63, 3.8) is 0 Å². The molecule has 0 atom stereocenters. The van der Waals surface area contributed by atoms with Crippen LogP contribution in [0.3, 0.4) is 0 Å². The molecular formula is C14H14ClN3O2S. The molecule has 2 aromatic rings. The van der Waals surface area contributed by atoms with Gasteiger partial charge in [-0.1, -0.05) is 29.8 Å². The molecule has 0 radical (unpaired) electrons. The number of nitrogens with two attached hydrogens (primary N) is 2. The number of para-hydroxylation sites is 1. The van der Waals surface area contributed by atoms with Crippen LogP contribution in [-0.2, 0) is 11.3 Å². The molecule has 0 saturated carbocycles. The Balaban J connectivity index is 2.27. The summed E-state index contributed by atoms with van der Waals surface area (Å²) in [6.07, 6.45) is 0. The number of anilines is 1. The van der Waals surface area contributed by atoms with E-state index in [9.17, 15) is 9.59 Å². The van der Waals surface area contributed by atoms with Crippen LogP contribution < -0.4 is 11.5 Å². The Morgan fingerprint density at radius 1 is 1.24 bits per heavy atom. The molecule has 0 aliphatic heterocycles. The molecule has 110 valence electrons. The van der Waals surface area contributed by atoms with Crippen LogP contribution >= 0.6 is 22.9 Å². The van der Waals surface area contributed by atoms with E-state index in [4.69, 9.17) is 23.1 Å². The fourth-order valence-electron chi connectivity index (χ4n) is 1.86. The Hall–Kier alpha value is -2.05. The van der Waals surface area contributed by atoms with Gasteiger partial charge >= 0.3 is 0 Å². The molecule has 1 aromatic carbocycles. The summed E-state index contributed by atoms with van der Waals surface area (Å²) in [5.41, 5.74) is 12.4. The molecule has 0 aliphatic carbocycles. The standard InChI is InChI=1S/C14H14ClN3O2S/c15-10-5-6-21-13(10)14(20)18(8-12(17)19)7-9-3-1-2-4-11(9)16/h1-6H,7-8,16H2,(H2,17,19). The Morgan fingerprint density at radius 2 is 1.95 bits per heavy atom. The molecule has 0 unspecified atom stereocenters. The number of amides is 2. The van der Waals surface area contributed by atoms with E-state index in [1.165, 1.54) is 16.2 Å². The second kappa shape index (κ2) is 6.60. The van der Waals surface area contributed by atoms with Gasteiger partial charge in [0.25, 0.3) is 5.91 Å². The van der Waals surface area contributed by atoms with Gasteiger partial charge in [0.05, 0.1) is 5.02 Å². The molecule has 1 heterocycles. The van der Waals surface area contributed by atoms with Crippen LogP contribution in [0.4, 0.5) is 5.69 Å². The Labute approximate surface area is 131 Å². The van der Waals surface area contributed by atoms with Crippen molar-refractivity contribution in [2.75, 3.05) is 12.3 Å². The van der Waals surface area contributed by atoms with Crippen LogP contribution in [0.15, 0.2) is 35.7 Å². The Bertz CT molecular complexity index is 672. The molecule has 7 heteroatoms. The van der Waals surface area contributed by atoms with Crippen LogP contribution in [-0.4, -0.2) is 23.3 Å². The van der Waals surface area contributed by atoms with Gasteiger partial charge in [0.15, 0.2) is 0 Å². The van der Waals surface area contributed by atoms with Crippen molar-refractivity contribution >= 4 is 40.4 Å². The van der Waals surface area contributed by atoms with Gasteiger partial charge in [0.2, 0.25) is 5.91 Å². The summed E-state index contributed by atoms with van der Waals surface area (Å²) in [5.74, 6) is -0.928. The number of benzene rings is 1. The van der Waals surface area contributed by atoms with Crippen molar-refractivity contribution in [2.45, 2.75) is 6.54 Å². The third-order valence-corrected chi connectivity index (χ3v) is 4.19. The summed E-state index contributed by atoms with van der Waals surface area (Å²) in [5, 5.41) is 2.08. The zero-order valence-electron chi connectivity index (χ0n) is 11.1. The van der Waals surface area contributed by atoms with E-state index in [1.807, 2.05) is 6.07 Å². The minimum Gasteiger partial charge on any atom is -0.398 e. The normalized spacial score (nSPS) is 10.3. The third kappa shape index (κ3) is 3.74. The number of rotatable bonds is 5. The lowest BCUT2D eigenvalue weighted by Gasteiger charge is -2.21. The van der Waals surface area contributed by atoms with Crippen molar-refractivity contribution in [1.82, 2.24) is 4.90 Å². The summed E-state index contributed by atoms with van der Waals surface area (Å²) < 4.78 is 0. The molecular weight excluding hydrogens is 310 g/mol. The van der Waals surface area contributed by atoms with E-state index in [0.29, 0.717) is 15.6 Å². The van der Waals surface area contributed by atoms with Gasteiger partial charge in [0, 0.05) is 12.2 Å². The fourth-order valence-corrected chi connectivity index (χ4v) is 2.96. The van der Waals surface area contributed by atoms with Gasteiger partial charge in [-0.2, -0.15) is 0 Å². The van der Waals surface area contributed by atoms with Gasteiger partial charge in [0.1, 0.15) is 11.4 Å².